The van der Waals surface area contributed by atoms with Crippen LogP contribution in [-0.2, 0) is 13.1 Å². The second kappa shape index (κ2) is 7.73. The zero-order valence-corrected chi connectivity index (χ0v) is 17.6. The van der Waals surface area contributed by atoms with Gasteiger partial charge in [-0.25, -0.2) is 9.97 Å². The van der Waals surface area contributed by atoms with Crippen molar-refractivity contribution >= 4 is 22.5 Å². The second-order valence-corrected chi connectivity index (χ2v) is 8.09. The van der Waals surface area contributed by atoms with E-state index in [1.807, 2.05) is 24.3 Å². The number of para-hydroxylation sites is 1. The van der Waals surface area contributed by atoms with E-state index >= 15 is 0 Å². The van der Waals surface area contributed by atoms with Crippen LogP contribution < -0.4 is 10.2 Å². The first-order valence-electron chi connectivity index (χ1n) is 10.5. The number of hydrogen-bond acceptors (Lipinski definition) is 5. The Hall–Kier alpha value is -3.91. The number of hydrogen-bond donors (Lipinski definition) is 1. The van der Waals surface area contributed by atoms with E-state index in [0.717, 1.165) is 40.9 Å². The minimum absolute atomic E-state index is 0.0376. The minimum atomic E-state index is 0.0376. The van der Waals surface area contributed by atoms with Gasteiger partial charge in [0, 0.05) is 24.3 Å². The maximum Gasteiger partial charge on any atom is 0.183 e. The van der Waals surface area contributed by atoms with Gasteiger partial charge in [0.25, 0.3) is 0 Å². The number of anilines is 2. The largest absolute Gasteiger partial charge is 0.378 e. The molecule has 1 atom stereocenters. The molecule has 0 fully saturated rings. The van der Waals surface area contributed by atoms with Gasteiger partial charge in [0.05, 0.1) is 17.1 Å². The predicted molar refractivity (Wildman–Crippen MR) is 124 cm³/mol. The number of nitrogens with zero attached hydrogens (tertiary/aromatic N) is 4. The van der Waals surface area contributed by atoms with Crippen LogP contribution in [0.2, 0.25) is 0 Å². The van der Waals surface area contributed by atoms with E-state index in [9.17, 15) is 5.26 Å². The van der Waals surface area contributed by atoms with Crippen molar-refractivity contribution < 1.29 is 0 Å². The highest BCUT2D eigenvalue weighted by Gasteiger charge is 2.24. The van der Waals surface area contributed by atoms with Crippen LogP contribution in [-0.4, -0.2) is 9.97 Å². The summed E-state index contributed by atoms with van der Waals surface area (Å²) >= 11 is 0. The maximum atomic E-state index is 9.81. The Labute approximate surface area is 182 Å². The molecular formula is C26H23N5. The number of aromatic nitrogens is 2. The van der Waals surface area contributed by atoms with Gasteiger partial charge in [-0.1, -0.05) is 48.5 Å². The highest BCUT2D eigenvalue weighted by Crippen LogP contribution is 2.32. The van der Waals surface area contributed by atoms with Crippen LogP contribution in [0.5, 0.6) is 0 Å². The van der Waals surface area contributed by atoms with Gasteiger partial charge in [-0.3, -0.25) is 0 Å². The standard InChI is InChI=1S/C26H23N5/c1-17-12-22(18(2)28-21-10-4-3-5-11-21)25-23(13-17)29-24(14-27)26(30-25)31-15-19-8-6-7-9-20(19)16-31/h3-13,18,28H,15-16H2,1-2H3/t18-/m1/s1. The number of rotatable bonds is 4. The fourth-order valence-corrected chi connectivity index (χ4v) is 4.29. The topological polar surface area (TPSA) is 64.8 Å². The third-order valence-electron chi connectivity index (χ3n) is 5.80. The Morgan fingerprint density at radius 1 is 0.968 bits per heavy atom. The molecule has 0 saturated heterocycles. The first kappa shape index (κ1) is 19.1. The van der Waals surface area contributed by atoms with E-state index in [2.05, 4.69) is 72.6 Å². The van der Waals surface area contributed by atoms with Crippen LogP contribution in [0, 0.1) is 18.3 Å². The molecule has 4 aromatic rings. The van der Waals surface area contributed by atoms with Gasteiger partial charge in [-0.2, -0.15) is 5.26 Å². The van der Waals surface area contributed by atoms with Crippen molar-refractivity contribution in [2.45, 2.75) is 33.0 Å². The van der Waals surface area contributed by atoms with E-state index < -0.39 is 0 Å². The highest BCUT2D eigenvalue weighted by atomic mass is 15.2. The van der Waals surface area contributed by atoms with Gasteiger partial charge in [-0.05, 0) is 48.7 Å². The molecule has 152 valence electrons. The van der Waals surface area contributed by atoms with Crippen LogP contribution >= 0.6 is 0 Å². The van der Waals surface area contributed by atoms with E-state index in [-0.39, 0.29) is 6.04 Å². The monoisotopic (exact) mass is 405 g/mol. The number of benzene rings is 3. The molecule has 3 aromatic carbocycles. The first-order chi connectivity index (χ1) is 15.1. The van der Waals surface area contributed by atoms with Gasteiger partial charge in [-0.15, -0.1) is 0 Å². The molecule has 1 aliphatic rings. The Bertz CT molecular complexity index is 1280. The second-order valence-electron chi connectivity index (χ2n) is 8.09. The lowest BCUT2D eigenvalue weighted by Crippen LogP contribution is -2.19. The maximum absolute atomic E-state index is 9.81. The van der Waals surface area contributed by atoms with Gasteiger partial charge in [0.1, 0.15) is 6.07 Å². The predicted octanol–water partition coefficient (Wildman–Crippen LogP) is 5.50. The fourth-order valence-electron chi connectivity index (χ4n) is 4.29. The third kappa shape index (κ3) is 3.57. The summed E-state index contributed by atoms with van der Waals surface area (Å²) < 4.78 is 0. The number of nitrogens with one attached hydrogen (secondary N) is 1. The zero-order valence-electron chi connectivity index (χ0n) is 17.6. The zero-order chi connectivity index (χ0) is 21.4. The number of aryl methyl sites for hydroxylation is 1. The molecule has 31 heavy (non-hydrogen) atoms. The molecule has 0 amide bonds. The summed E-state index contributed by atoms with van der Waals surface area (Å²) in [5.74, 6) is 0.656. The lowest BCUT2D eigenvalue weighted by molar-refractivity contribution is 0.847. The molecule has 1 aliphatic heterocycles. The quantitative estimate of drug-likeness (QED) is 0.485. The third-order valence-corrected chi connectivity index (χ3v) is 5.80. The molecule has 0 saturated carbocycles. The number of nitriles is 1. The molecule has 1 N–H and O–H groups in total. The smallest absolute Gasteiger partial charge is 0.183 e. The summed E-state index contributed by atoms with van der Waals surface area (Å²) in [5, 5.41) is 13.4. The molecule has 5 rings (SSSR count). The van der Waals surface area contributed by atoms with E-state index in [4.69, 9.17) is 9.97 Å². The van der Waals surface area contributed by atoms with Crippen molar-refractivity contribution in [2.75, 3.05) is 10.2 Å². The van der Waals surface area contributed by atoms with E-state index in [1.54, 1.807) is 0 Å². The highest BCUT2D eigenvalue weighted by molar-refractivity contribution is 5.83. The van der Waals surface area contributed by atoms with Crippen molar-refractivity contribution in [3.8, 4) is 6.07 Å². The number of fused-ring (bicyclic) bond motifs is 2. The summed E-state index contributed by atoms with van der Waals surface area (Å²) in [6.07, 6.45) is 0. The molecule has 2 heterocycles. The Morgan fingerprint density at radius 2 is 1.65 bits per heavy atom. The van der Waals surface area contributed by atoms with E-state index in [0.29, 0.717) is 11.5 Å². The molecule has 0 unspecified atom stereocenters. The lowest BCUT2D eigenvalue weighted by atomic mass is 10.0. The normalized spacial score (nSPS) is 13.6. The SMILES string of the molecule is Cc1cc([C@@H](C)Nc2ccccc2)c2nc(N3Cc4ccccc4C3)c(C#N)nc2c1. The molecule has 1 aromatic heterocycles. The minimum Gasteiger partial charge on any atom is -0.378 e. The fraction of sp³-hybridized carbons (Fsp3) is 0.192. The van der Waals surface area contributed by atoms with Crippen molar-refractivity contribution in [1.29, 1.82) is 5.26 Å². The molecule has 0 bridgehead atoms. The van der Waals surface area contributed by atoms with Crippen LogP contribution in [0.3, 0.4) is 0 Å². The van der Waals surface area contributed by atoms with Gasteiger partial charge >= 0.3 is 0 Å². The average Bonchev–Trinajstić information content (AvgIpc) is 3.22. The molecule has 0 spiro atoms. The van der Waals surface area contributed by atoms with Crippen molar-refractivity contribution in [3.05, 3.63) is 94.7 Å². The van der Waals surface area contributed by atoms with Crippen LogP contribution in [0.4, 0.5) is 11.5 Å². The summed E-state index contributed by atoms with van der Waals surface area (Å²) in [6, 6.07) is 25.0. The summed E-state index contributed by atoms with van der Waals surface area (Å²) in [4.78, 5) is 11.9. The van der Waals surface area contributed by atoms with Gasteiger partial charge in [0.15, 0.2) is 11.5 Å². The van der Waals surface area contributed by atoms with Crippen molar-refractivity contribution in [2.24, 2.45) is 0 Å². The molecule has 5 heteroatoms. The molecule has 5 nitrogen and oxygen atoms in total. The Kier molecular flexibility index (Phi) is 4.76. The van der Waals surface area contributed by atoms with Crippen LogP contribution in [0.15, 0.2) is 66.7 Å². The average molecular weight is 406 g/mol. The van der Waals surface area contributed by atoms with Crippen molar-refractivity contribution in [1.82, 2.24) is 9.97 Å². The van der Waals surface area contributed by atoms with Crippen LogP contribution in [0.1, 0.15) is 40.9 Å². The summed E-state index contributed by atoms with van der Waals surface area (Å²) in [6.45, 7) is 5.66. The lowest BCUT2D eigenvalue weighted by Gasteiger charge is -2.21. The summed E-state index contributed by atoms with van der Waals surface area (Å²) in [7, 11) is 0. The van der Waals surface area contributed by atoms with Crippen LogP contribution in [0.25, 0.3) is 11.0 Å². The molecule has 0 radical (unpaired) electrons. The Balaban J connectivity index is 1.59. The molecular weight excluding hydrogens is 382 g/mol. The van der Waals surface area contributed by atoms with Gasteiger partial charge < -0.3 is 10.2 Å². The summed E-state index contributed by atoms with van der Waals surface area (Å²) in [5.41, 5.74) is 7.76. The Morgan fingerprint density at radius 3 is 2.32 bits per heavy atom. The molecule has 0 aliphatic carbocycles. The first-order valence-corrected chi connectivity index (χ1v) is 10.5. The van der Waals surface area contributed by atoms with Crippen molar-refractivity contribution in [3.63, 3.8) is 0 Å². The van der Waals surface area contributed by atoms with Gasteiger partial charge in [0.2, 0.25) is 0 Å². The van der Waals surface area contributed by atoms with E-state index in [1.165, 1.54) is 11.1 Å².